The molecule has 0 amide bonds. The minimum atomic E-state index is -1.81. The molecule has 0 saturated carbocycles. The molecule has 0 radical (unpaired) electrons. The largest absolute Gasteiger partial charge is 1.00 e. The van der Waals surface area contributed by atoms with E-state index in [9.17, 15) is 19.8 Å². The average molecular weight is 160 g/mol. The minimum absolute atomic E-state index is 0. The van der Waals surface area contributed by atoms with Crippen molar-refractivity contribution < 1.29 is 67.0 Å². The van der Waals surface area contributed by atoms with Crippen molar-refractivity contribution in [1.82, 2.24) is 0 Å². The normalized spacial score (nSPS) is 7.67. The van der Waals surface area contributed by atoms with Crippen LogP contribution in [-0.2, 0) is 9.47 Å². The average Bonchev–Trinajstić information content (AvgIpc) is 1.79. The maximum absolute atomic E-state index is 9.44. The van der Waals surface area contributed by atoms with E-state index in [0.717, 1.165) is 0 Å². The van der Waals surface area contributed by atoms with E-state index in [-0.39, 0.29) is 37.7 Å². The summed E-state index contributed by atoms with van der Waals surface area (Å²) in [7, 11) is 0. The zero-order chi connectivity index (χ0) is 7.98. The van der Waals surface area contributed by atoms with Gasteiger partial charge in [-0.3, -0.25) is 0 Å². The summed E-state index contributed by atoms with van der Waals surface area (Å²) in [5.41, 5.74) is 0. The molecular formula is C4H2Li2O6. The quantitative estimate of drug-likeness (QED) is 0.226. The van der Waals surface area contributed by atoms with Crippen molar-refractivity contribution in [1.29, 1.82) is 0 Å². The Morgan fingerprint density at radius 2 is 1.17 bits per heavy atom. The van der Waals surface area contributed by atoms with Crippen LogP contribution in [0.5, 0.6) is 0 Å². The first-order valence-corrected chi connectivity index (χ1v) is 2.03. The molecule has 0 heterocycles. The Kier molecular flexibility index (Phi) is 15.3. The smallest absolute Gasteiger partial charge is 0.520 e. The van der Waals surface area contributed by atoms with E-state index in [4.69, 9.17) is 0 Å². The first-order chi connectivity index (χ1) is 4.63. The Bertz CT molecular complexity index is 149. The summed E-state index contributed by atoms with van der Waals surface area (Å²) in [5, 5.41) is 18.9. The molecule has 0 fully saturated rings. The molecule has 0 unspecified atom stereocenters. The number of rotatable bonds is 2. The maximum atomic E-state index is 9.44. The minimum Gasteiger partial charge on any atom is -0.520 e. The molecule has 0 rings (SSSR count). The van der Waals surface area contributed by atoms with Gasteiger partial charge in [-0.25, -0.2) is 0 Å². The molecule has 0 aliphatic heterocycles. The van der Waals surface area contributed by atoms with Crippen molar-refractivity contribution in [3.8, 4) is 0 Å². The zero-order valence-corrected chi connectivity index (χ0v) is 6.60. The van der Waals surface area contributed by atoms with Gasteiger partial charge in [0.2, 0.25) is 0 Å². The van der Waals surface area contributed by atoms with Gasteiger partial charge in [0.25, 0.3) is 12.3 Å². The number of carbonyl (C=O) groups excluding carboxylic acids is 2. The zero-order valence-electron chi connectivity index (χ0n) is 6.60. The molecule has 0 aromatic rings. The van der Waals surface area contributed by atoms with Crippen molar-refractivity contribution in [3.63, 3.8) is 0 Å². The molecule has 0 aromatic heterocycles. The molecule has 6 nitrogen and oxygen atoms in total. The van der Waals surface area contributed by atoms with Crippen molar-refractivity contribution in [3.05, 3.63) is 12.5 Å². The predicted molar refractivity (Wildman–Crippen MR) is 22.1 cm³/mol. The van der Waals surface area contributed by atoms with Gasteiger partial charge in [-0.1, -0.05) is 0 Å². The summed E-state index contributed by atoms with van der Waals surface area (Å²) in [5.74, 6) is 0. The SMILES string of the molecule is O=C([O-])OC=COC(=O)[O-].[Li+].[Li+]. The molecule has 56 valence electrons. The van der Waals surface area contributed by atoms with Crippen LogP contribution in [0.4, 0.5) is 9.59 Å². The monoisotopic (exact) mass is 160 g/mol. The number of ether oxygens (including phenoxy) is 2. The Morgan fingerprint density at radius 3 is 1.33 bits per heavy atom. The fourth-order valence-corrected chi connectivity index (χ4v) is 0.167. The van der Waals surface area contributed by atoms with Crippen molar-refractivity contribution in [2.24, 2.45) is 0 Å². The molecule has 0 aliphatic carbocycles. The molecule has 0 bridgehead atoms. The van der Waals surface area contributed by atoms with Crippen LogP contribution in [0.2, 0.25) is 0 Å². The van der Waals surface area contributed by atoms with Crippen LogP contribution in [0, 0.1) is 0 Å². The Balaban J connectivity index is -0.000000405. The Hall–Kier alpha value is -0.525. The van der Waals surface area contributed by atoms with E-state index in [1.165, 1.54) is 0 Å². The summed E-state index contributed by atoms with van der Waals surface area (Å²) in [6.45, 7) is 0. The van der Waals surface area contributed by atoms with Crippen LogP contribution in [0.1, 0.15) is 0 Å². The summed E-state index contributed by atoms with van der Waals surface area (Å²) >= 11 is 0. The van der Waals surface area contributed by atoms with Gasteiger partial charge in [-0.15, -0.1) is 0 Å². The molecule has 12 heavy (non-hydrogen) atoms. The maximum Gasteiger partial charge on any atom is 1.00 e. The van der Waals surface area contributed by atoms with Crippen molar-refractivity contribution >= 4 is 12.3 Å². The van der Waals surface area contributed by atoms with Gasteiger partial charge in [0.1, 0.15) is 0 Å². The number of hydrogen-bond donors (Lipinski definition) is 0. The molecule has 8 heteroatoms. The number of carbonyl (C=O) groups is 2. The van der Waals surface area contributed by atoms with Crippen LogP contribution >= 0.6 is 0 Å². The van der Waals surface area contributed by atoms with Crippen LogP contribution in [-0.4, -0.2) is 12.3 Å². The van der Waals surface area contributed by atoms with Gasteiger partial charge in [-0.05, 0) is 0 Å². The predicted octanol–water partition coefficient (Wildman–Crippen LogP) is -7.81. The summed E-state index contributed by atoms with van der Waals surface area (Å²) in [6.07, 6.45) is -2.63. The molecule has 0 atom stereocenters. The van der Waals surface area contributed by atoms with Crippen molar-refractivity contribution in [2.75, 3.05) is 0 Å². The third kappa shape index (κ3) is 16.2. The summed E-state index contributed by atoms with van der Waals surface area (Å²) in [4.78, 5) is 18.9. The fourth-order valence-electron chi connectivity index (χ4n) is 0.167. The van der Waals surface area contributed by atoms with Gasteiger partial charge >= 0.3 is 37.7 Å². The second kappa shape index (κ2) is 10.5. The molecule has 0 aliphatic rings. The molecule has 0 spiro atoms. The first kappa shape index (κ1) is 17.5. The van der Waals surface area contributed by atoms with Crippen LogP contribution in [0.15, 0.2) is 12.5 Å². The van der Waals surface area contributed by atoms with Gasteiger partial charge < -0.3 is 29.3 Å². The van der Waals surface area contributed by atoms with E-state index in [0.29, 0.717) is 12.5 Å². The Morgan fingerprint density at radius 1 is 0.917 bits per heavy atom. The van der Waals surface area contributed by atoms with Gasteiger partial charge in [-0.2, -0.15) is 0 Å². The third-order valence-corrected chi connectivity index (χ3v) is 0.384. The molecular weight excluding hydrogens is 158 g/mol. The van der Waals surface area contributed by atoms with Crippen molar-refractivity contribution in [2.45, 2.75) is 0 Å². The van der Waals surface area contributed by atoms with Crippen LogP contribution < -0.4 is 47.9 Å². The number of hydrogen-bond acceptors (Lipinski definition) is 6. The molecule has 0 aromatic carbocycles. The van der Waals surface area contributed by atoms with E-state index in [1.54, 1.807) is 0 Å². The van der Waals surface area contributed by atoms with Gasteiger partial charge in [0.15, 0.2) is 0 Å². The second-order valence-electron chi connectivity index (χ2n) is 1.01. The van der Waals surface area contributed by atoms with Gasteiger partial charge in [0.05, 0.1) is 0 Å². The molecule has 0 saturated heterocycles. The summed E-state index contributed by atoms with van der Waals surface area (Å²) in [6, 6.07) is 0. The fraction of sp³-hybridized carbons (Fsp3) is 0. The van der Waals surface area contributed by atoms with E-state index < -0.39 is 12.3 Å². The van der Waals surface area contributed by atoms with E-state index in [2.05, 4.69) is 9.47 Å². The van der Waals surface area contributed by atoms with E-state index >= 15 is 0 Å². The molecule has 0 N–H and O–H groups in total. The van der Waals surface area contributed by atoms with Crippen LogP contribution in [0.3, 0.4) is 0 Å². The first-order valence-electron chi connectivity index (χ1n) is 2.03. The second-order valence-corrected chi connectivity index (χ2v) is 1.01. The van der Waals surface area contributed by atoms with Crippen LogP contribution in [0.25, 0.3) is 0 Å². The van der Waals surface area contributed by atoms with E-state index in [1.807, 2.05) is 0 Å². The topological polar surface area (TPSA) is 98.7 Å². The summed E-state index contributed by atoms with van der Waals surface area (Å²) < 4.78 is 7.20. The Labute approximate surface area is 91.9 Å². The van der Waals surface area contributed by atoms with Gasteiger partial charge in [0, 0.05) is 12.5 Å². The third-order valence-electron chi connectivity index (χ3n) is 0.384. The number of carboxylic acid groups (broad SMARTS) is 2. The standard InChI is InChI=1S/C4H4O6.2Li/c5-3(6)9-1-2-10-4(7)8;;/h1-2H,(H,5,6)(H,7,8);;/q;2*+1/p-2.